The lowest BCUT2D eigenvalue weighted by atomic mass is 10.0. The minimum absolute atomic E-state index is 0.756. The maximum Gasteiger partial charge on any atom is 0.130 e. The summed E-state index contributed by atoms with van der Waals surface area (Å²) in [4.78, 5) is 0. The van der Waals surface area contributed by atoms with E-state index in [1.165, 1.54) is 0 Å². The Morgan fingerprint density at radius 1 is 1.05 bits per heavy atom. The molecular weight excluding hydrogens is 286 g/mol. The molecule has 0 aromatic heterocycles. The van der Waals surface area contributed by atoms with Crippen LogP contribution in [0.5, 0.6) is 11.5 Å². The van der Waals surface area contributed by atoms with E-state index in [0.717, 1.165) is 46.3 Å². The van der Waals surface area contributed by atoms with E-state index in [-0.39, 0.29) is 0 Å². The number of halogens is 1. The Balaban J connectivity index is 2.36. The Labute approximate surface area is 130 Å². The summed E-state index contributed by atoms with van der Waals surface area (Å²) in [5, 5.41) is 4.03. The fraction of sp³-hybridized carbons (Fsp3) is 0.294. The minimum Gasteiger partial charge on any atom is -0.497 e. The SMILES string of the molecule is CCNCc1ccc(-c2ccc(OC)cc2OC)cc1Cl. The summed E-state index contributed by atoms with van der Waals surface area (Å²) in [7, 11) is 3.29. The molecule has 0 amide bonds. The van der Waals surface area contributed by atoms with Crippen molar-refractivity contribution in [3.05, 3.63) is 47.0 Å². The Morgan fingerprint density at radius 2 is 1.86 bits per heavy atom. The Hall–Kier alpha value is -1.71. The van der Waals surface area contributed by atoms with Gasteiger partial charge in [-0.05, 0) is 35.9 Å². The summed E-state index contributed by atoms with van der Waals surface area (Å²) in [5.74, 6) is 1.54. The summed E-state index contributed by atoms with van der Waals surface area (Å²) in [6.07, 6.45) is 0. The minimum atomic E-state index is 0.756. The summed E-state index contributed by atoms with van der Waals surface area (Å²) in [6.45, 7) is 3.77. The fourth-order valence-corrected chi connectivity index (χ4v) is 2.40. The molecule has 112 valence electrons. The van der Waals surface area contributed by atoms with Crippen molar-refractivity contribution in [1.82, 2.24) is 5.32 Å². The second-order valence-corrected chi connectivity index (χ2v) is 5.06. The van der Waals surface area contributed by atoms with Crippen molar-refractivity contribution in [1.29, 1.82) is 0 Å². The molecule has 2 aromatic carbocycles. The van der Waals surface area contributed by atoms with E-state index < -0.39 is 0 Å². The largest absolute Gasteiger partial charge is 0.497 e. The van der Waals surface area contributed by atoms with Crippen LogP contribution in [0.3, 0.4) is 0 Å². The fourth-order valence-electron chi connectivity index (χ4n) is 2.15. The third-order valence-corrected chi connectivity index (χ3v) is 3.69. The number of benzene rings is 2. The highest BCUT2D eigenvalue weighted by Crippen LogP contribution is 2.35. The predicted molar refractivity (Wildman–Crippen MR) is 87.4 cm³/mol. The standard InChI is InChI=1S/C17H20ClNO2/c1-4-19-11-13-6-5-12(9-16(13)18)15-8-7-14(20-2)10-17(15)21-3/h5-10,19H,4,11H2,1-3H3. The van der Waals surface area contributed by atoms with Gasteiger partial charge in [-0.1, -0.05) is 30.7 Å². The van der Waals surface area contributed by atoms with E-state index >= 15 is 0 Å². The Morgan fingerprint density at radius 3 is 2.48 bits per heavy atom. The molecule has 0 aliphatic rings. The first-order valence-corrected chi connectivity index (χ1v) is 7.29. The quantitative estimate of drug-likeness (QED) is 0.870. The van der Waals surface area contributed by atoms with Gasteiger partial charge in [0, 0.05) is 23.2 Å². The third-order valence-electron chi connectivity index (χ3n) is 3.34. The number of methoxy groups -OCH3 is 2. The van der Waals surface area contributed by atoms with Crippen molar-refractivity contribution >= 4 is 11.6 Å². The molecule has 2 aromatic rings. The van der Waals surface area contributed by atoms with E-state index in [4.69, 9.17) is 21.1 Å². The van der Waals surface area contributed by atoms with Gasteiger partial charge in [0.15, 0.2) is 0 Å². The summed E-state index contributed by atoms with van der Waals surface area (Å²) in [5.41, 5.74) is 3.12. The first-order valence-electron chi connectivity index (χ1n) is 6.91. The second kappa shape index (κ2) is 7.34. The Kier molecular flexibility index (Phi) is 5.48. The molecular formula is C17H20ClNO2. The molecule has 2 rings (SSSR count). The van der Waals surface area contributed by atoms with Crippen LogP contribution < -0.4 is 14.8 Å². The van der Waals surface area contributed by atoms with Crippen molar-refractivity contribution in [2.75, 3.05) is 20.8 Å². The van der Waals surface area contributed by atoms with Gasteiger partial charge in [-0.25, -0.2) is 0 Å². The van der Waals surface area contributed by atoms with Gasteiger partial charge in [0.05, 0.1) is 14.2 Å². The van der Waals surface area contributed by atoms with E-state index in [1.807, 2.05) is 30.3 Å². The molecule has 0 atom stereocenters. The highest BCUT2D eigenvalue weighted by Gasteiger charge is 2.09. The van der Waals surface area contributed by atoms with Crippen LogP contribution in [0.25, 0.3) is 11.1 Å². The Bertz CT molecular complexity index is 614. The molecule has 3 nitrogen and oxygen atoms in total. The van der Waals surface area contributed by atoms with Crippen LogP contribution in [-0.2, 0) is 6.54 Å². The molecule has 0 saturated carbocycles. The van der Waals surface area contributed by atoms with Crippen molar-refractivity contribution in [2.24, 2.45) is 0 Å². The lowest BCUT2D eigenvalue weighted by Crippen LogP contribution is -2.11. The molecule has 0 heterocycles. The van der Waals surface area contributed by atoms with Crippen LogP contribution in [0.15, 0.2) is 36.4 Å². The van der Waals surface area contributed by atoms with Crippen LogP contribution in [0.4, 0.5) is 0 Å². The van der Waals surface area contributed by atoms with Gasteiger partial charge in [-0.2, -0.15) is 0 Å². The van der Waals surface area contributed by atoms with Crippen molar-refractivity contribution < 1.29 is 9.47 Å². The summed E-state index contributed by atoms with van der Waals surface area (Å²) in [6, 6.07) is 11.8. The summed E-state index contributed by atoms with van der Waals surface area (Å²) < 4.78 is 10.7. The van der Waals surface area contributed by atoms with Gasteiger partial charge in [0.25, 0.3) is 0 Å². The van der Waals surface area contributed by atoms with Gasteiger partial charge in [-0.15, -0.1) is 0 Å². The molecule has 0 saturated heterocycles. The molecule has 4 heteroatoms. The van der Waals surface area contributed by atoms with Gasteiger partial charge in [-0.3, -0.25) is 0 Å². The topological polar surface area (TPSA) is 30.5 Å². The normalized spacial score (nSPS) is 10.5. The van der Waals surface area contributed by atoms with Gasteiger partial charge in [0.1, 0.15) is 11.5 Å². The van der Waals surface area contributed by atoms with E-state index in [2.05, 4.69) is 18.3 Å². The molecule has 1 N–H and O–H groups in total. The highest BCUT2D eigenvalue weighted by atomic mass is 35.5. The molecule has 0 unspecified atom stereocenters. The third kappa shape index (κ3) is 3.69. The van der Waals surface area contributed by atoms with Crippen LogP contribution >= 0.6 is 11.6 Å². The van der Waals surface area contributed by atoms with Crippen molar-refractivity contribution in [3.8, 4) is 22.6 Å². The molecule has 21 heavy (non-hydrogen) atoms. The van der Waals surface area contributed by atoms with Gasteiger partial charge >= 0.3 is 0 Å². The molecule has 0 radical (unpaired) electrons. The zero-order valence-corrected chi connectivity index (χ0v) is 13.3. The number of rotatable bonds is 6. The zero-order valence-electron chi connectivity index (χ0n) is 12.6. The molecule has 0 aliphatic heterocycles. The van der Waals surface area contributed by atoms with Crippen LogP contribution in [0.1, 0.15) is 12.5 Å². The lowest BCUT2D eigenvalue weighted by molar-refractivity contribution is 0.395. The molecule has 0 fully saturated rings. The number of nitrogens with one attached hydrogen (secondary N) is 1. The van der Waals surface area contributed by atoms with Gasteiger partial charge in [0.2, 0.25) is 0 Å². The maximum absolute atomic E-state index is 6.36. The first-order chi connectivity index (χ1) is 10.2. The van der Waals surface area contributed by atoms with Crippen LogP contribution in [0.2, 0.25) is 5.02 Å². The van der Waals surface area contributed by atoms with E-state index in [0.29, 0.717) is 0 Å². The van der Waals surface area contributed by atoms with E-state index in [1.54, 1.807) is 14.2 Å². The second-order valence-electron chi connectivity index (χ2n) is 4.65. The van der Waals surface area contributed by atoms with Crippen molar-refractivity contribution in [3.63, 3.8) is 0 Å². The predicted octanol–water partition coefficient (Wildman–Crippen LogP) is 4.13. The van der Waals surface area contributed by atoms with Crippen molar-refractivity contribution in [2.45, 2.75) is 13.5 Å². The van der Waals surface area contributed by atoms with Gasteiger partial charge < -0.3 is 14.8 Å². The maximum atomic E-state index is 6.36. The highest BCUT2D eigenvalue weighted by molar-refractivity contribution is 6.31. The average Bonchev–Trinajstić information content (AvgIpc) is 2.53. The van der Waals surface area contributed by atoms with Crippen LogP contribution in [-0.4, -0.2) is 20.8 Å². The zero-order chi connectivity index (χ0) is 15.2. The van der Waals surface area contributed by atoms with Crippen LogP contribution in [0, 0.1) is 0 Å². The molecule has 0 spiro atoms. The monoisotopic (exact) mass is 305 g/mol. The summed E-state index contributed by atoms with van der Waals surface area (Å²) >= 11 is 6.36. The number of hydrogen-bond acceptors (Lipinski definition) is 3. The molecule has 0 bridgehead atoms. The molecule has 0 aliphatic carbocycles. The van der Waals surface area contributed by atoms with E-state index in [9.17, 15) is 0 Å². The first kappa shape index (κ1) is 15.7. The smallest absolute Gasteiger partial charge is 0.130 e. The average molecular weight is 306 g/mol. The lowest BCUT2D eigenvalue weighted by Gasteiger charge is -2.12. The number of hydrogen-bond donors (Lipinski definition) is 1. The number of ether oxygens (including phenoxy) is 2.